The summed E-state index contributed by atoms with van der Waals surface area (Å²) in [6.07, 6.45) is 0.159. The average Bonchev–Trinajstić information content (AvgIpc) is 2.58. The minimum Gasteiger partial charge on any atom is -0.479 e. The Hall–Kier alpha value is -2.05. The molecule has 2 rings (SSSR count). The second kappa shape index (κ2) is 2.72. The SMILES string of the molecule is O=C(O)C1c2c[nH]nc2CN1C(=O)O. The van der Waals surface area contributed by atoms with Crippen LogP contribution in [0.5, 0.6) is 0 Å². The molecule has 3 N–H and O–H groups in total. The molecule has 0 bridgehead atoms. The Bertz CT molecular complexity index is 399. The minimum atomic E-state index is -1.25. The predicted octanol–water partition coefficient (Wildman–Crippen LogP) is 0.0290. The number of aliphatic carboxylic acids is 1. The molecule has 1 aromatic rings. The first-order valence-electron chi connectivity index (χ1n) is 3.86. The van der Waals surface area contributed by atoms with Crippen LogP contribution in [0.1, 0.15) is 17.3 Å². The summed E-state index contributed by atoms with van der Waals surface area (Å²) in [4.78, 5) is 22.4. The van der Waals surface area contributed by atoms with Crippen molar-refractivity contribution in [3.05, 3.63) is 17.5 Å². The van der Waals surface area contributed by atoms with Crippen LogP contribution in [0.25, 0.3) is 0 Å². The third-order valence-electron chi connectivity index (χ3n) is 2.16. The van der Waals surface area contributed by atoms with Crippen molar-refractivity contribution in [3.63, 3.8) is 0 Å². The Labute approximate surface area is 78.0 Å². The van der Waals surface area contributed by atoms with Crippen molar-refractivity contribution in [1.29, 1.82) is 0 Å². The summed E-state index contributed by atoms with van der Waals surface area (Å²) in [7, 11) is 0. The third kappa shape index (κ3) is 1.02. The van der Waals surface area contributed by atoms with Gasteiger partial charge in [0.1, 0.15) is 0 Å². The van der Waals surface area contributed by atoms with E-state index in [0.29, 0.717) is 11.3 Å². The Morgan fingerprint density at radius 1 is 1.57 bits per heavy atom. The van der Waals surface area contributed by atoms with Crippen molar-refractivity contribution in [2.24, 2.45) is 0 Å². The number of rotatable bonds is 1. The Balaban J connectivity index is 2.41. The monoisotopic (exact) mass is 197 g/mol. The first-order chi connectivity index (χ1) is 6.61. The van der Waals surface area contributed by atoms with Crippen molar-refractivity contribution in [3.8, 4) is 0 Å². The van der Waals surface area contributed by atoms with E-state index in [1.165, 1.54) is 6.20 Å². The van der Waals surface area contributed by atoms with E-state index in [1.54, 1.807) is 0 Å². The summed E-state index contributed by atoms with van der Waals surface area (Å²) >= 11 is 0. The number of carbonyl (C=O) groups is 2. The molecular weight excluding hydrogens is 190 g/mol. The summed E-state index contributed by atoms with van der Waals surface area (Å²) in [6, 6.07) is -1.14. The van der Waals surface area contributed by atoms with Gasteiger partial charge in [0.15, 0.2) is 6.04 Å². The fraction of sp³-hybridized carbons (Fsp3) is 0.286. The topological polar surface area (TPSA) is 107 Å². The normalized spacial score (nSPS) is 19.4. The molecule has 2 heterocycles. The van der Waals surface area contributed by atoms with Gasteiger partial charge in [-0.1, -0.05) is 0 Å². The van der Waals surface area contributed by atoms with Gasteiger partial charge in [-0.3, -0.25) is 10.00 Å². The number of hydrogen-bond donors (Lipinski definition) is 3. The molecule has 1 aliphatic rings. The highest BCUT2D eigenvalue weighted by Crippen LogP contribution is 2.32. The lowest BCUT2D eigenvalue weighted by Crippen LogP contribution is -2.32. The van der Waals surface area contributed by atoms with Gasteiger partial charge in [-0.2, -0.15) is 5.10 Å². The van der Waals surface area contributed by atoms with Crippen molar-refractivity contribution >= 4 is 12.1 Å². The number of aromatic nitrogens is 2. The zero-order chi connectivity index (χ0) is 10.3. The molecule has 0 saturated carbocycles. The molecule has 7 heteroatoms. The summed E-state index contributed by atoms with van der Waals surface area (Å²) in [5, 5.41) is 23.9. The second-order valence-electron chi connectivity index (χ2n) is 2.94. The van der Waals surface area contributed by atoms with Crippen molar-refractivity contribution in [2.75, 3.05) is 0 Å². The molecule has 0 aromatic carbocycles. The Morgan fingerprint density at radius 2 is 2.29 bits per heavy atom. The van der Waals surface area contributed by atoms with Crippen molar-refractivity contribution in [2.45, 2.75) is 12.6 Å². The van der Waals surface area contributed by atoms with E-state index in [2.05, 4.69) is 10.2 Å². The summed E-state index contributed by atoms with van der Waals surface area (Å²) in [5.41, 5.74) is 0.889. The van der Waals surface area contributed by atoms with E-state index >= 15 is 0 Å². The maximum Gasteiger partial charge on any atom is 0.408 e. The summed E-state index contributed by atoms with van der Waals surface area (Å²) in [5.74, 6) is -1.19. The van der Waals surface area contributed by atoms with Crippen LogP contribution in [-0.4, -0.2) is 37.4 Å². The van der Waals surface area contributed by atoms with Crippen LogP contribution in [0.15, 0.2) is 6.20 Å². The largest absolute Gasteiger partial charge is 0.479 e. The van der Waals surface area contributed by atoms with Gasteiger partial charge in [-0.25, -0.2) is 9.59 Å². The fourth-order valence-electron chi connectivity index (χ4n) is 1.56. The lowest BCUT2D eigenvalue weighted by atomic mass is 10.1. The predicted molar refractivity (Wildman–Crippen MR) is 42.5 cm³/mol. The van der Waals surface area contributed by atoms with Crippen LogP contribution < -0.4 is 0 Å². The number of aromatic amines is 1. The van der Waals surface area contributed by atoms with Gasteiger partial charge in [-0.15, -0.1) is 0 Å². The molecule has 0 fully saturated rings. The number of carboxylic acids is 1. The van der Waals surface area contributed by atoms with Gasteiger partial charge in [0.2, 0.25) is 0 Å². The molecule has 1 aromatic heterocycles. The highest BCUT2D eigenvalue weighted by molar-refractivity contribution is 5.82. The number of H-pyrrole nitrogens is 1. The highest BCUT2D eigenvalue weighted by atomic mass is 16.4. The van der Waals surface area contributed by atoms with Crippen LogP contribution >= 0.6 is 0 Å². The molecule has 0 spiro atoms. The molecule has 1 atom stereocenters. The van der Waals surface area contributed by atoms with Crippen molar-refractivity contribution in [1.82, 2.24) is 15.1 Å². The van der Waals surface area contributed by atoms with Gasteiger partial charge >= 0.3 is 12.1 Å². The minimum absolute atomic E-state index is 0.0190. The molecule has 0 saturated heterocycles. The molecule has 1 unspecified atom stereocenters. The molecule has 14 heavy (non-hydrogen) atoms. The van der Waals surface area contributed by atoms with Crippen LogP contribution in [0, 0.1) is 0 Å². The van der Waals surface area contributed by atoms with Crippen LogP contribution in [0.4, 0.5) is 4.79 Å². The van der Waals surface area contributed by atoms with Gasteiger partial charge in [0.25, 0.3) is 0 Å². The van der Waals surface area contributed by atoms with E-state index in [1.807, 2.05) is 0 Å². The Kier molecular flexibility index (Phi) is 1.66. The maximum atomic E-state index is 10.8. The number of amides is 1. The van der Waals surface area contributed by atoms with E-state index in [9.17, 15) is 9.59 Å². The molecule has 0 radical (unpaired) electrons. The number of nitrogens with one attached hydrogen (secondary N) is 1. The number of fused-ring (bicyclic) bond motifs is 1. The number of hydrogen-bond acceptors (Lipinski definition) is 3. The number of carboxylic acid groups (broad SMARTS) is 2. The average molecular weight is 197 g/mol. The zero-order valence-corrected chi connectivity index (χ0v) is 6.97. The van der Waals surface area contributed by atoms with E-state index in [4.69, 9.17) is 10.2 Å². The molecular formula is C7H7N3O4. The molecule has 74 valence electrons. The van der Waals surface area contributed by atoms with Crippen LogP contribution in [0.2, 0.25) is 0 Å². The summed E-state index contributed by atoms with van der Waals surface area (Å²) < 4.78 is 0. The molecule has 7 nitrogen and oxygen atoms in total. The van der Waals surface area contributed by atoms with Gasteiger partial charge in [0, 0.05) is 11.8 Å². The second-order valence-corrected chi connectivity index (χ2v) is 2.94. The quantitative estimate of drug-likeness (QED) is 0.588. The molecule has 1 aliphatic heterocycles. The van der Waals surface area contributed by atoms with Crippen molar-refractivity contribution < 1.29 is 19.8 Å². The fourth-order valence-corrected chi connectivity index (χ4v) is 1.56. The van der Waals surface area contributed by atoms with E-state index in [0.717, 1.165) is 4.90 Å². The third-order valence-corrected chi connectivity index (χ3v) is 2.16. The standard InChI is InChI=1S/C7H7N3O4/c11-6(12)5-3-1-8-9-4(3)2-10(5)7(13)14/h1,5H,2H2,(H,8,9)(H,11,12)(H,13,14). The van der Waals surface area contributed by atoms with E-state index < -0.39 is 18.1 Å². The van der Waals surface area contributed by atoms with Gasteiger partial charge in [0.05, 0.1) is 12.2 Å². The number of nitrogens with zero attached hydrogens (tertiary/aromatic N) is 2. The molecule has 0 aliphatic carbocycles. The van der Waals surface area contributed by atoms with Crippen LogP contribution in [-0.2, 0) is 11.3 Å². The Morgan fingerprint density at radius 3 is 2.86 bits per heavy atom. The first kappa shape index (κ1) is 8.54. The molecule has 1 amide bonds. The lowest BCUT2D eigenvalue weighted by Gasteiger charge is -2.17. The lowest BCUT2D eigenvalue weighted by molar-refractivity contribution is -0.142. The maximum absolute atomic E-state index is 10.8. The van der Waals surface area contributed by atoms with Gasteiger partial charge < -0.3 is 10.2 Å². The van der Waals surface area contributed by atoms with E-state index in [-0.39, 0.29) is 6.54 Å². The summed E-state index contributed by atoms with van der Waals surface area (Å²) in [6.45, 7) is 0.0190. The first-order valence-corrected chi connectivity index (χ1v) is 3.86. The zero-order valence-electron chi connectivity index (χ0n) is 6.97. The van der Waals surface area contributed by atoms with Crippen LogP contribution in [0.3, 0.4) is 0 Å². The van der Waals surface area contributed by atoms with Gasteiger partial charge in [-0.05, 0) is 0 Å². The highest BCUT2D eigenvalue weighted by Gasteiger charge is 2.40. The smallest absolute Gasteiger partial charge is 0.408 e.